The van der Waals surface area contributed by atoms with Crippen molar-refractivity contribution < 1.29 is 5.11 Å². The highest BCUT2D eigenvalue weighted by Crippen LogP contribution is 2.47. The summed E-state index contributed by atoms with van der Waals surface area (Å²) in [4.78, 5) is 0. The summed E-state index contributed by atoms with van der Waals surface area (Å²) >= 11 is 27.9. The number of phenolic OH excluding ortho intramolecular Hbond substituents is 1. The predicted octanol–water partition coefficient (Wildman–Crippen LogP) is 6.22. The zero-order valence-electron chi connectivity index (χ0n) is 8.17. The first-order chi connectivity index (χ1) is 7.46. The highest BCUT2D eigenvalue weighted by atomic mass is 35.5. The molecule has 1 saturated carbocycles. The highest BCUT2D eigenvalue weighted by Gasteiger charge is 2.18. The summed E-state index contributed by atoms with van der Waals surface area (Å²) in [6.07, 6.45) is 6.00. The molecule has 0 aromatic heterocycles. The van der Waals surface area contributed by atoms with Crippen molar-refractivity contribution in [1.82, 2.24) is 0 Å². The van der Waals surface area contributed by atoms with Crippen LogP contribution in [0.4, 0.5) is 0 Å². The minimum atomic E-state index is -0.363. The van der Waals surface area contributed by atoms with Crippen LogP contribution in [0.5, 0.6) is 5.75 Å². The average Bonchev–Trinajstić information content (AvgIpc) is 2.18. The van der Waals surface area contributed by atoms with E-state index in [1.54, 1.807) is 0 Å². The summed E-state index contributed by atoms with van der Waals surface area (Å²) in [6, 6.07) is 0. The summed E-state index contributed by atoms with van der Waals surface area (Å²) in [6.45, 7) is 0. The van der Waals surface area contributed by atoms with E-state index in [2.05, 4.69) is 0 Å². The Balaban J connectivity index is 0.000000267. The lowest BCUT2D eigenvalue weighted by Crippen LogP contribution is -1.85. The monoisotopic (exact) mass is 320 g/mol. The number of hydrogen-bond acceptors (Lipinski definition) is 1. The molecule has 6 heteroatoms. The van der Waals surface area contributed by atoms with Crippen molar-refractivity contribution in [3.63, 3.8) is 0 Å². The lowest BCUT2D eigenvalue weighted by molar-refractivity contribution is 0.476. The van der Waals surface area contributed by atoms with Crippen LogP contribution >= 0.6 is 58.0 Å². The fourth-order valence-electron chi connectivity index (χ4n) is 0.843. The molecule has 1 aliphatic carbocycles. The minimum Gasteiger partial charge on any atom is -0.505 e. The molecular formula is C10H9Cl5O. The van der Waals surface area contributed by atoms with Gasteiger partial charge in [0.2, 0.25) is 0 Å². The first-order valence-electron chi connectivity index (χ1n) is 4.67. The van der Waals surface area contributed by atoms with E-state index in [-0.39, 0.29) is 30.9 Å². The van der Waals surface area contributed by atoms with Gasteiger partial charge < -0.3 is 5.11 Å². The van der Waals surface area contributed by atoms with E-state index in [1.165, 1.54) is 25.7 Å². The Labute approximate surface area is 119 Å². The third kappa shape index (κ3) is 3.24. The van der Waals surface area contributed by atoms with E-state index in [4.69, 9.17) is 58.0 Å². The first kappa shape index (κ1) is 14.5. The van der Waals surface area contributed by atoms with E-state index >= 15 is 0 Å². The third-order valence-electron chi connectivity index (χ3n) is 2.19. The van der Waals surface area contributed by atoms with Crippen molar-refractivity contribution in [2.45, 2.75) is 25.7 Å². The normalized spacial score (nSPS) is 13.8. The molecule has 90 valence electrons. The van der Waals surface area contributed by atoms with Gasteiger partial charge in [0.15, 0.2) is 5.75 Å². The molecule has 0 unspecified atom stereocenters. The second-order valence-electron chi connectivity index (χ2n) is 3.33. The standard InChI is InChI=1S/C6HCl5O.C4H8/c7-1-2(8)4(10)6(12)5(11)3(1)9;1-2-4-3-1/h12H;1-4H2. The number of rotatable bonds is 0. The van der Waals surface area contributed by atoms with Crippen molar-refractivity contribution in [3.8, 4) is 5.75 Å². The van der Waals surface area contributed by atoms with E-state index in [0.29, 0.717) is 0 Å². The van der Waals surface area contributed by atoms with Gasteiger partial charge in [0, 0.05) is 0 Å². The van der Waals surface area contributed by atoms with Crippen molar-refractivity contribution in [1.29, 1.82) is 0 Å². The quantitative estimate of drug-likeness (QED) is 0.444. The fraction of sp³-hybridized carbons (Fsp3) is 0.400. The molecule has 16 heavy (non-hydrogen) atoms. The molecule has 0 atom stereocenters. The van der Waals surface area contributed by atoms with Gasteiger partial charge in [0.05, 0.1) is 15.1 Å². The van der Waals surface area contributed by atoms with Crippen LogP contribution in [0.2, 0.25) is 25.1 Å². The molecule has 0 amide bonds. The summed E-state index contributed by atoms with van der Waals surface area (Å²) < 4.78 is 0. The first-order valence-corrected chi connectivity index (χ1v) is 6.56. The van der Waals surface area contributed by atoms with E-state index in [9.17, 15) is 5.11 Å². The van der Waals surface area contributed by atoms with Crippen molar-refractivity contribution >= 4 is 58.0 Å². The van der Waals surface area contributed by atoms with E-state index < -0.39 is 0 Å². The molecule has 0 bridgehead atoms. The molecule has 1 nitrogen and oxygen atoms in total. The lowest BCUT2D eigenvalue weighted by atomic mass is 10.0. The third-order valence-corrected chi connectivity index (χ3v) is 4.44. The van der Waals surface area contributed by atoms with E-state index in [0.717, 1.165) is 0 Å². The number of hydrogen-bond donors (Lipinski definition) is 1. The van der Waals surface area contributed by atoms with Crippen LogP contribution in [-0.4, -0.2) is 5.11 Å². The van der Waals surface area contributed by atoms with Crippen molar-refractivity contribution in [2.24, 2.45) is 0 Å². The Morgan fingerprint density at radius 2 is 0.812 bits per heavy atom. The zero-order chi connectivity index (χ0) is 12.3. The topological polar surface area (TPSA) is 20.2 Å². The molecule has 2 rings (SSSR count). The van der Waals surface area contributed by atoms with Gasteiger partial charge >= 0.3 is 0 Å². The molecule has 0 aliphatic heterocycles. The maximum atomic E-state index is 9.20. The smallest absolute Gasteiger partial charge is 0.155 e. The Morgan fingerprint density at radius 1 is 0.562 bits per heavy atom. The van der Waals surface area contributed by atoms with Crippen LogP contribution in [0.15, 0.2) is 0 Å². The Morgan fingerprint density at radius 3 is 1.06 bits per heavy atom. The SMILES string of the molecule is C1CCC1.Oc1c(Cl)c(Cl)c(Cl)c(Cl)c1Cl. The van der Waals surface area contributed by atoms with Crippen LogP contribution in [0.25, 0.3) is 0 Å². The largest absolute Gasteiger partial charge is 0.505 e. The maximum Gasteiger partial charge on any atom is 0.155 e. The van der Waals surface area contributed by atoms with Crippen LogP contribution < -0.4 is 0 Å². The molecule has 0 heterocycles. The second-order valence-corrected chi connectivity index (χ2v) is 5.22. The molecule has 1 aromatic carbocycles. The molecule has 1 aliphatic rings. The highest BCUT2D eigenvalue weighted by molar-refractivity contribution is 6.55. The molecular weight excluding hydrogens is 313 g/mol. The molecule has 0 radical (unpaired) electrons. The van der Waals surface area contributed by atoms with Crippen LogP contribution in [0, 0.1) is 0 Å². The Kier molecular flexibility index (Phi) is 5.83. The average molecular weight is 322 g/mol. The van der Waals surface area contributed by atoms with Crippen LogP contribution in [0.3, 0.4) is 0 Å². The number of halogens is 5. The van der Waals surface area contributed by atoms with E-state index in [1.807, 2.05) is 0 Å². The van der Waals surface area contributed by atoms with Crippen molar-refractivity contribution in [3.05, 3.63) is 25.1 Å². The number of benzene rings is 1. The van der Waals surface area contributed by atoms with Gasteiger partial charge in [-0.25, -0.2) is 0 Å². The molecule has 0 spiro atoms. The van der Waals surface area contributed by atoms with Crippen LogP contribution in [-0.2, 0) is 0 Å². The number of aromatic hydroxyl groups is 1. The summed E-state index contributed by atoms with van der Waals surface area (Å²) in [5, 5.41) is 9.01. The maximum absolute atomic E-state index is 9.20. The zero-order valence-corrected chi connectivity index (χ0v) is 11.9. The fourth-order valence-corrected chi connectivity index (χ4v) is 1.97. The molecule has 1 aromatic rings. The second kappa shape index (κ2) is 6.42. The lowest BCUT2D eigenvalue weighted by Gasteiger charge is -2.06. The van der Waals surface area contributed by atoms with Gasteiger partial charge in [-0.15, -0.1) is 0 Å². The summed E-state index contributed by atoms with van der Waals surface area (Å²) in [5.74, 6) is -0.363. The van der Waals surface area contributed by atoms with Gasteiger partial charge in [0.1, 0.15) is 10.0 Å². The predicted molar refractivity (Wildman–Crippen MR) is 71.6 cm³/mol. The summed E-state index contributed by atoms with van der Waals surface area (Å²) in [7, 11) is 0. The van der Waals surface area contributed by atoms with Gasteiger partial charge in [-0.05, 0) is 0 Å². The molecule has 1 N–H and O–H groups in total. The molecule has 1 fully saturated rings. The van der Waals surface area contributed by atoms with Gasteiger partial charge in [-0.1, -0.05) is 83.7 Å². The Hall–Kier alpha value is 0.470. The van der Waals surface area contributed by atoms with Gasteiger partial charge in [-0.2, -0.15) is 0 Å². The summed E-state index contributed by atoms with van der Waals surface area (Å²) in [5.41, 5.74) is 0. The van der Waals surface area contributed by atoms with Crippen molar-refractivity contribution in [2.75, 3.05) is 0 Å². The Bertz CT molecular complexity index is 278. The van der Waals surface area contributed by atoms with Gasteiger partial charge in [0.25, 0.3) is 0 Å². The van der Waals surface area contributed by atoms with Crippen LogP contribution in [0.1, 0.15) is 25.7 Å². The minimum absolute atomic E-state index is 0.00904. The molecule has 0 saturated heterocycles. The van der Waals surface area contributed by atoms with Gasteiger partial charge in [-0.3, -0.25) is 0 Å². The number of phenols is 1.